The number of esters is 1. The summed E-state index contributed by atoms with van der Waals surface area (Å²) in [4.78, 5) is 26.6. The van der Waals surface area contributed by atoms with Gasteiger partial charge in [-0.05, 0) is 44.1 Å². The average molecular weight is 420 g/mol. The topological polar surface area (TPSA) is 70.7 Å². The molecule has 0 fully saturated rings. The molecular weight excluding hydrogens is 394 g/mol. The van der Waals surface area contributed by atoms with E-state index in [1.165, 1.54) is 28.9 Å². The van der Waals surface area contributed by atoms with Crippen molar-refractivity contribution in [1.29, 1.82) is 0 Å². The lowest BCUT2D eigenvalue weighted by molar-refractivity contribution is 0.0601. The minimum absolute atomic E-state index is 0.0221. The van der Waals surface area contributed by atoms with Gasteiger partial charge in [-0.15, -0.1) is 11.3 Å². The predicted octanol–water partition coefficient (Wildman–Crippen LogP) is 3.90. The number of anilines is 1. The molecule has 6 nitrogen and oxygen atoms in total. The predicted molar refractivity (Wildman–Crippen MR) is 117 cm³/mol. The Kier molecular flexibility index (Phi) is 7.15. The molecular formula is C20H25N3O3S2. The van der Waals surface area contributed by atoms with Crippen LogP contribution in [0.15, 0.2) is 24.3 Å². The number of aryl methyl sites for hydroxylation is 1. The smallest absolute Gasteiger partial charge is 0.341 e. The highest BCUT2D eigenvalue weighted by Gasteiger charge is 2.26. The molecule has 0 radical (unpaired) electrons. The quantitative estimate of drug-likeness (QED) is 0.566. The Morgan fingerprint density at radius 1 is 1.18 bits per heavy atom. The van der Waals surface area contributed by atoms with Crippen LogP contribution in [0.4, 0.5) is 5.00 Å². The third kappa shape index (κ3) is 4.88. The number of ether oxygens (including phenoxy) is 1. The number of benzene rings is 1. The summed E-state index contributed by atoms with van der Waals surface area (Å²) in [6, 6.07) is 8.14. The molecule has 1 heterocycles. The van der Waals surface area contributed by atoms with Crippen molar-refractivity contribution in [3.05, 3.63) is 51.4 Å². The molecule has 1 aromatic carbocycles. The van der Waals surface area contributed by atoms with Crippen LogP contribution in [-0.4, -0.2) is 43.1 Å². The Bertz CT molecular complexity index is 889. The SMILES string of the molecule is COC(=O)c1c(NC(=S)NC(C)c2ccc(C)cc2)sc(C(=O)N(C)C)c1C. The van der Waals surface area contributed by atoms with Crippen molar-refractivity contribution in [2.24, 2.45) is 0 Å². The summed E-state index contributed by atoms with van der Waals surface area (Å²) in [5.41, 5.74) is 3.18. The fourth-order valence-corrected chi connectivity index (χ4v) is 4.19. The fourth-order valence-electron chi connectivity index (χ4n) is 2.63. The van der Waals surface area contributed by atoms with E-state index in [1.807, 2.05) is 38.1 Å². The minimum atomic E-state index is -0.511. The van der Waals surface area contributed by atoms with E-state index in [1.54, 1.807) is 21.0 Å². The highest BCUT2D eigenvalue weighted by atomic mass is 32.1. The van der Waals surface area contributed by atoms with E-state index in [9.17, 15) is 9.59 Å². The maximum atomic E-state index is 12.4. The van der Waals surface area contributed by atoms with Gasteiger partial charge in [0.25, 0.3) is 5.91 Å². The van der Waals surface area contributed by atoms with Crippen LogP contribution < -0.4 is 10.6 Å². The number of nitrogens with zero attached hydrogens (tertiary/aromatic N) is 1. The number of rotatable bonds is 5. The molecule has 0 saturated heterocycles. The van der Waals surface area contributed by atoms with E-state index in [0.717, 1.165) is 5.56 Å². The Labute approximate surface area is 174 Å². The summed E-state index contributed by atoms with van der Waals surface area (Å²) >= 11 is 6.62. The lowest BCUT2D eigenvalue weighted by Crippen LogP contribution is -2.31. The van der Waals surface area contributed by atoms with Crippen LogP contribution >= 0.6 is 23.6 Å². The van der Waals surface area contributed by atoms with E-state index < -0.39 is 5.97 Å². The summed E-state index contributed by atoms with van der Waals surface area (Å²) in [5.74, 6) is -0.684. The molecule has 2 N–H and O–H groups in total. The molecule has 1 amide bonds. The molecule has 1 atom stereocenters. The number of amides is 1. The number of thiophene rings is 1. The van der Waals surface area contributed by atoms with Gasteiger partial charge in [0.05, 0.1) is 23.6 Å². The Hall–Kier alpha value is -2.45. The van der Waals surface area contributed by atoms with E-state index in [2.05, 4.69) is 10.6 Å². The maximum absolute atomic E-state index is 12.4. The lowest BCUT2D eigenvalue weighted by atomic mass is 10.1. The highest BCUT2D eigenvalue weighted by molar-refractivity contribution is 7.80. The fraction of sp³-hybridized carbons (Fsp3) is 0.350. The zero-order chi connectivity index (χ0) is 21.0. The van der Waals surface area contributed by atoms with Gasteiger partial charge in [-0.1, -0.05) is 29.8 Å². The molecule has 0 saturated carbocycles. The number of methoxy groups -OCH3 is 1. The number of carbonyl (C=O) groups excluding carboxylic acids is 2. The van der Waals surface area contributed by atoms with Gasteiger partial charge < -0.3 is 20.3 Å². The minimum Gasteiger partial charge on any atom is -0.465 e. The van der Waals surface area contributed by atoms with E-state index in [0.29, 0.717) is 26.1 Å². The Balaban J connectivity index is 2.25. The first kappa shape index (κ1) is 21.8. The van der Waals surface area contributed by atoms with Gasteiger partial charge in [-0.2, -0.15) is 0 Å². The van der Waals surface area contributed by atoms with Gasteiger partial charge in [0, 0.05) is 14.1 Å². The molecule has 0 aliphatic heterocycles. The first-order chi connectivity index (χ1) is 13.1. The molecule has 150 valence electrons. The number of thiocarbonyl (C=S) groups is 1. The first-order valence-corrected chi connectivity index (χ1v) is 9.95. The number of nitrogens with one attached hydrogen (secondary N) is 2. The third-order valence-electron chi connectivity index (χ3n) is 4.29. The van der Waals surface area contributed by atoms with Gasteiger partial charge in [0.1, 0.15) is 5.00 Å². The van der Waals surface area contributed by atoms with Crippen molar-refractivity contribution in [3.8, 4) is 0 Å². The van der Waals surface area contributed by atoms with Crippen LogP contribution in [0.1, 0.15) is 49.7 Å². The van der Waals surface area contributed by atoms with E-state index in [4.69, 9.17) is 17.0 Å². The van der Waals surface area contributed by atoms with Gasteiger partial charge in [-0.3, -0.25) is 4.79 Å². The monoisotopic (exact) mass is 419 g/mol. The van der Waals surface area contributed by atoms with Crippen LogP contribution in [0.5, 0.6) is 0 Å². The summed E-state index contributed by atoms with van der Waals surface area (Å²) in [5, 5.41) is 7.12. The van der Waals surface area contributed by atoms with E-state index >= 15 is 0 Å². The molecule has 2 aromatic rings. The molecule has 0 aliphatic carbocycles. The molecule has 1 unspecified atom stereocenters. The normalized spacial score (nSPS) is 11.5. The third-order valence-corrected chi connectivity index (χ3v) is 5.70. The van der Waals surface area contributed by atoms with Gasteiger partial charge in [-0.25, -0.2) is 4.79 Å². The zero-order valence-corrected chi connectivity index (χ0v) is 18.5. The van der Waals surface area contributed by atoms with Crippen LogP contribution in [-0.2, 0) is 4.74 Å². The number of hydrogen-bond acceptors (Lipinski definition) is 5. The zero-order valence-electron chi connectivity index (χ0n) is 16.9. The highest BCUT2D eigenvalue weighted by Crippen LogP contribution is 2.34. The molecule has 0 spiro atoms. The second kappa shape index (κ2) is 9.16. The van der Waals surface area contributed by atoms with Crippen molar-refractivity contribution < 1.29 is 14.3 Å². The molecule has 1 aromatic heterocycles. The Morgan fingerprint density at radius 3 is 2.32 bits per heavy atom. The lowest BCUT2D eigenvalue weighted by Gasteiger charge is -2.17. The van der Waals surface area contributed by atoms with Crippen LogP contribution in [0.2, 0.25) is 0 Å². The van der Waals surface area contributed by atoms with Crippen LogP contribution in [0, 0.1) is 13.8 Å². The summed E-state index contributed by atoms with van der Waals surface area (Å²) in [6.07, 6.45) is 0. The second-order valence-corrected chi connectivity index (χ2v) is 8.11. The summed E-state index contributed by atoms with van der Waals surface area (Å²) in [7, 11) is 4.65. The summed E-state index contributed by atoms with van der Waals surface area (Å²) in [6.45, 7) is 5.77. The van der Waals surface area contributed by atoms with Crippen LogP contribution in [0.25, 0.3) is 0 Å². The van der Waals surface area contributed by atoms with Crippen LogP contribution in [0.3, 0.4) is 0 Å². The van der Waals surface area contributed by atoms with Crippen molar-refractivity contribution >= 4 is 45.5 Å². The number of carbonyl (C=O) groups is 2. The van der Waals surface area contributed by atoms with Gasteiger partial charge >= 0.3 is 5.97 Å². The van der Waals surface area contributed by atoms with Crippen molar-refractivity contribution in [2.45, 2.75) is 26.8 Å². The van der Waals surface area contributed by atoms with Crippen molar-refractivity contribution in [1.82, 2.24) is 10.2 Å². The standard InChI is InChI=1S/C20H25N3O3S2/c1-11-7-9-14(10-8-11)13(3)21-20(27)22-17-15(19(25)26-6)12(2)16(28-17)18(24)23(4)5/h7-10,13H,1-6H3,(H2,21,22,27). The summed E-state index contributed by atoms with van der Waals surface area (Å²) < 4.78 is 4.89. The molecule has 8 heteroatoms. The molecule has 28 heavy (non-hydrogen) atoms. The molecule has 0 bridgehead atoms. The molecule has 2 rings (SSSR count). The largest absolute Gasteiger partial charge is 0.465 e. The number of hydrogen-bond donors (Lipinski definition) is 2. The van der Waals surface area contributed by atoms with Crippen molar-refractivity contribution in [2.75, 3.05) is 26.5 Å². The van der Waals surface area contributed by atoms with Crippen molar-refractivity contribution in [3.63, 3.8) is 0 Å². The maximum Gasteiger partial charge on any atom is 0.341 e. The van der Waals surface area contributed by atoms with Gasteiger partial charge in [0.2, 0.25) is 0 Å². The average Bonchev–Trinajstić information content (AvgIpc) is 2.96. The second-order valence-electron chi connectivity index (χ2n) is 6.68. The Morgan fingerprint density at radius 2 is 1.79 bits per heavy atom. The van der Waals surface area contributed by atoms with E-state index in [-0.39, 0.29) is 11.9 Å². The molecule has 0 aliphatic rings. The first-order valence-electron chi connectivity index (χ1n) is 8.73. The van der Waals surface area contributed by atoms with Gasteiger partial charge in [0.15, 0.2) is 5.11 Å².